The van der Waals surface area contributed by atoms with E-state index in [1.165, 1.54) is 25.7 Å². The number of phenols is 1. The van der Waals surface area contributed by atoms with Gasteiger partial charge in [0.25, 0.3) is 0 Å². The van der Waals surface area contributed by atoms with Gasteiger partial charge in [0.2, 0.25) is 11.8 Å². The Hall–Kier alpha value is -3.35. The lowest BCUT2D eigenvalue weighted by molar-refractivity contribution is -0.146. The number of nitrogens with zero attached hydrogens (tertiary/aromatic N) is 1. The topological polar surface area (TPSA) is 107 Å². The average molecular weight is 439 g/mol. The minimum Gasteiger partial charge on any atom is -0.506 e. The third-order valence-electron chi connectivity index (χ3n) is 6.13. The number of aliphatic carboxylic acids is 1. The van der Waals surface area contributed by atoms with E-state index in [2.05, 4.69) is 5.32 Å². The molecule has 3 N–H and O–H groups in total. The van der Waals surface area contributed by atoms with E-state index in [0.717, 1.165) is 18.4 Å². The molecular formula is C25H30N2O5. The summed E-state index contributed by atoms with van der Waals surface area (Å²) in [6, 6.07) is 14.4. The fourth-order valence-corrected chi connectivity index (χ4v) is 4.19. The lowest BCUT2D eigenvalue weighted by Gasteiger charge is -2.31. The molecule has 0 saturated heterocycles. The number of carboxylic acid groups (broad SMARTS) is 1. The van der Waals surface area contributed by atoms with Crippen molar-refractivity contribution in [3.63, 3.8) is 0 Å². The first-order chi connectivity index (χ1) is 15.1. The second kappa shape index (κ2) is 9.42. The Morgan fingerprint density at radius 3 is 2.09 bits per heavy atom. The van der Waals surface area contributed by atoms with E-state index in [0.29, 0.717) is 30.1 Å². The zero-order chi connectivity index (χ0) is 23.5. The number of nitrogens with one attached hydrogen (secondary N) is 1. The van der Waals surface area contributed by atoms with E-state index in [9.17, 15) is 24.6 Å². The molecule has 1 fully saturated rings. The summed E-state index contributed by atoms with van der Waals surface area (Å²) in [5, 5.41) is 22.0. The van der Waals surface area contributed by atoms with Crippen LogP contribution in [0.25, 0.3) is 0 Å². The van der Waals surface area contributed by atoms with Gasteiger partial charge in [0.15, 0.2) is 0 Å². The summed E-state index contributed by atoms with van der Waals surface area (Å²) in [4.78, 5) is 37.5. The summed E-state index contributed by atoms with van der Waals surface area (Å²) in [6.07, 6.45) is 3.07. The van der Waals surface area contributed by atoms with Gasteiger partial charge in [-0.25, -0.2) is 4.79 Å². The molecule has 3 rings (SSSR count). The molecule has 0 radical (unpaired) electrons. The summed E-state index contributed by atoms with van der Waals surface area (Å²) in [5.41, 5.74) is 0.967. The van der Waals surface area contributed by atoms with Crippen LogP contribution in [-0.4, -0.2) is 33.5 Å². The number of hydrogen-bond donors (Lipinski definition) is 3. The Labute approximate surface area is 188 Å². The summed E-state index contributed by atoms with van der Waals surface area (Å²) in [6.45, 7) is 4.43. The number of carbonyl (C=O) groups excluding carboxylic acids is 2. The Morgan fingerprint density at radius 2 is 1.56 bits per heavy atom. The molecule has 0 atom stereocenters. The van der Waals surface area contributed by atoms with Crippen molar-refractivity contribution in [3.05, 3.63) is 54.1 Å². The van der Waals surface area contributed by atoms with Gasteiger partial charge in [0, 0.05) is 18.5 Å². The SMILES string of the molecule is CC(=O)N(c1ccc(C2CCC(C(=O)NC(C)(C)C(=O)O)CC2)cc1)c1ccccc1O. The summed E-state index contributed by atoms with van der Waals surface area (Å²) in [5.74, 6) is -1.30. The van der Waals surface area contributed by atoms with Crippen molar-refractivity contribution < 1.29 is 24.6 Å². The smallest absolute Gasteiger partial charge is 0.328 e. The van der Waals surface area contributed by atoms with Gasteiger partial charge in [-0.3, -0.25) is 14.5 Å². The van der Waals surface area contributed by atoms with Crippen LogP contribution >= 0.6 is 0 Å². The van der Waals surface area contributed by atoms with Gasteiger partial charge in [0.05, 0.1) is 5.69 Å². The maximum atomic E-state index is 12.5. The molecular weight excluding hydrogens is 408 g/mol. The third-order valence-corrected chi connectivity index (χ3v) is 6.13. The fraction of sp³-hybridized carbons (Fsp3) is 0.400. The predicted octanol–water partition coefficient (Wildman–Crippen LogP) is 4.33. The molecule has 0 aliphatic heterocycles. The zero-order valence-corrected chi connectivity index (χ0v) is 18.7. The maximum Gasteiger partial charge on any atom is 0.328 e. The third kappa shape index (κ3) is 5.10. The average Bonchev–Trinajstić information content (AvgIpc) is 2.75. The van der Waals surface area contributed by atoms with E-state index >= 15 is 0 Å². The van der Waals surface area contributed by atoms with Crippen LogP contribution in [0.4, 0.5) is 11.4 Å². The van der Waals surface area contributed by atoms with Crippen molar-refractivity contribution in [2.75, 3.05) is 4.90 Å². The van der Waals surface area contributed by atoms with Crippen LogP contribution in [0.3, 0.4) is 0 Å². The number of aromatic hydroxyl groups is 1. The Balaban J connectivity index is 1.66. The van der Waals surface area contributed by atoms with Gasteiger partial charge in [-0.1, -0.05) is 24.3 Å². The lowest BCUT2D eigenvalue weighted by atomic mass is 9.78. The van der Waals surface area contributed by atoms with Crippen molar-refractivity contribution in [2.24, 2.45) is 5.92 Å². The highest BCUT2D eigenvalue weighted by Gasteiger charge is 2.34. The number of carbonyl (C=O) groups is 3. The molecule has 2 aromatic rings. The van der Waals surface area contributed by atoms with Gasteiger partial charge in [0.1, 0.15) is 11.3 Å². The number of anilines is 2. The second-order valence-corrected chi connectivity index (χ2v) is 8.90. The summed E-state index contributed by atoms with van der Waals surface area (Å²) < 4.78 is 0. The van der Waals surface area contributed by atoms with Gasteiger partial charge in [-0.15, -0.1) is 0 Å². The Bertz CT molecular complexity index is 992. The molecule has 1 aliphatic carbocycles. The van der Waals surface area contributed by atoms with E-state index < -0.39 is 11.5 Å². The zero-order valence-electron chi connectivity index (χ0n) is 18.7. The highest BCUT2D eigenvalue weighted by atomic mass is 16.4. The normalized spacial score (nSPS) is 18.6. The molecule has 170 valence electrons. The molecule has 7 heteroatoms. The summed E-state index contributed by atoms with van der Waals surface area (Å²) >= 11 is 0. The van der Waals surface area contributed by atoms with Crippen LogP contribution in [-0.2, 0) is 14.4 Å². The minimum absolute atomic E-state index is 0.0365. The minimum atomic E-state index is -1.28. The first kappa shape index (κ1) is 23.3. The van der Waals surface area contributed by atoms with Crippen LogP contribution < -0.4 is 10.2 Å². The molecule has 1 aliphatic rings. The van der Waals surface area contributed by atoms with Crippen molar-refractivity contribution >= 4 is 29.2 Å². The largest absolute Gasteiger partial charge is 0.506 e. The molecule has 0 bridgehead atoms. The van der Waals surface area contributed by atoms with Crippen LogP contribution in [0, 0.1) is 5.92 Å². The molecule has 7 nitrogen and oxygen atoms in total. The number of carboxylic acids is 1. The number of benzene rings is 2. The van der Waals surface area contributed by atoms with Gasteiger partial charge < -0.3 is 15.5 Å². The van der Waals surface area contributed by atoms with Gasteiger partial charge in [-0.05, 0) is 75.3 Å². The Morgan fingerprint density at radius 1 is 0.969 bits per heavy atom. The molecule has 1 saturated carbocycles. The number of rotatable bonds is 6. The van der Waals surface area contributed by atoms with Crippen LogP contribution in [0.1, 0.15) is 57.9 Å². The van der Waals surface area contributed by atoms with Gasteiger partial charge in [-0.2, -0.15) is 0 Å². The van der Waals surface area contributed by atoms with Crippen molar-refractivity contribution in [1.82, 2.24) is 5.32 Å². The molecule has 2 aromatic carbocycles. The van der Waals surface area contributed by atoms with Crippen LogP contribution in [0.5, 0.6) is 5.75 Å². The van der Waals surface area contributed by atoms with E-state index in [1.807, 2.05) is 24.3 Å². The lowest BCUT2D eigenvalue weighted by Crippen LogP contribution is -2.51. The second-order valence-electron chi connectivity index (χ2n) is 8.90. The predicted molar refractivity (Wildman–Crippen MR) is 122 cm³/mol. The van der Waals surface area contributed by atoms with Crippen molar-refractivity contribution in [1.29, 1.82) is 0 Å². The quantitative estimate of drug-likeness (QED) is 0.622. The number of hydrogen-bond acceptors (Lipinski definition) is 4. The molecule has 0 heterocycles. The van der Waals surface area contributed by atoms with E-state index in [4.69, 9.17) is 0 Å². The fourth-order valence-electron chi connectivity index (χ4n) is 4.19. The molecule has 0 aromatic heterocycles. The summed E-state index contributed by atoms with van der Waals surface area (Å²) in [7, 11) is 0. The van der Waals surface area contributed by atoms with Crippen molar-refractivity contribution in [3.8, 4) is 5.75 Å². The Kier molecular flexibility index (Phi) is 6.87. The van der Waals surface area contributed by atoms with Crippen molar-refractivity contribution in [2.45, 2.75) is 57.9 Å². The van der Waals surface area contributed by atoms with Gasteiger partial charge >= 0.3 is 5.97 Å². The highest BCUT2D eigenvalue weighted by molar-refractivity contribution is 6.00. The highest BCUT2D eigenvalue weighted by Crippen LogP contribution is 2.38. The van der Waals surface area contributed by atoms with E-state index in [1.54, 1.807) is 24.3 Å². The molecule has 0 unspecified atom stereocenters. The van der Waals surface area contributed by atoms with E-state index in [-0.39, 0.29) is 23.5 Å². The number of amides is 2. The molecule has 0 spiro atoms. The number of phenolic OH excluding ortho intramolecular Hbond substituents is 1. The first-order valence-electron chi connectivity index (χ1n) is 10.8. The maximum absolute atomic E-state index is 12.5. The molecule has 2 amide bonds. The monoisotopic (exact) mass is 438 g/mol. The standard InChI is InChI=1S/C25H30N2O5/c1-16(28)27(21-6-4-5-7-22(21)29)20-14-12-18(13-15-20)17-8-10-19(11-9-17)23(30)26-25(2,3)24(31)32/h4-7,12-15,17,19,29H,8-11H2,1-3H3,(H,26,30)(H,31,32). The van der Waals surface area contributed by atoms with Crippen LogP contribution in [0.15, 0.2) is 48.5 Å². The molecule has 32 heavy (non-hydrogen) atoms. The number of para-hydroxylation sites is 2. The van der Waals surface area contributed by atoms with Crippen LogP contribution in [0.2, 0.25) is 0 Å². The first-order valence-corrected chi connectivity index (χ1v) is 10.8.